The SMILES string of the molecule is Cc1cn(-c2ccccc2Cl)/c(=N/C(=O)C(C)(C)C)s1. The van der Waals surface area contributed by atoms with Gasteiger partial charge in [-0.3, -0.25) is 9.36 Å². The Morgan fingerprint density at radius 2 is 1.95 bits per heavy atom. The van der Waals surface area contributed by atoms with Crippen LogP contribution in [0.1, 0.15) is 25.6 Å². The van der Waals surface area contributed by atoms with Crippen molar-refractivity contribution in [2.24, 2.45) is 10.4 Å². The molecule has 1 aromatic heterocycles. The molecule has 0 atom stereocenters. The predicted octanol–water partition coefficient (Wildman–Crippen LogP) is 3.97. The molecule has 1 amide bonds. The molecule has 2 rings (SSSR count). The summed E-state index contributed by atoms with van der Waals surface area (Å²) in [6.45, 7) is 7.57. The van der Waals surface area contributed by atoms with Crippen LogP contribution in [0.2, 0.25) is 5.02 Å². The Hall–Kier alpha value is -1.39. The zero-order chi connectivity index (χ0) is 14.9. The number of aryl methyl sites for hydroxylation is 1. The minimum absolute atomic E-state index is 0.139. The lowest BCUT2D eigenvalue weighted by Gasteiger charge is -2.12. The summed E-state index contributed by atoms with van der Waals surface area (Å²) in [5.74, 6) is -0.139. The third-order valence-electron chi connectivity index (χ3n) is 2.72. The molecular formula is C15H17ClN2OS. The molecule has 0 spiro atoms. The number of nitrogens with zero attached hydrogens (tertiary/aromatic N) is 2. The van der Waals surface area contributed by atoms with E-state index < -0.39 is 5.41 Å². The molecule has 0 saturated heterocycles. The summed E-state index contributed by atoms with van der Waals surface area (Å²) in [7, 11) is 0. The number of hydrogen-bond acceptors (Lipinski definition) is 2. The summed E-state index contributed by atoms with van der Waals surface area (Å²) in [6.07, 6.45) is 1.95. The molecule has 3 nitrogen and oxygen atoms in total. The van der Waals surface area contributed by atoms with Crippen molar-refractivity contribution in [3.63, 3.8) is 0 Å². The fraction of sp³-hybridized carbons (Fsp3) is 0.333. The Balaban J connectivity index is 2.61. The van der Waals surface area contributed by atoms with Gasteiger partial charge in [-0.25, -0.2) is 0 Å². The first-order valence-electron chi connectivity index (χ1n) is 6.32. The zero-order valence-electron chi connectivity index (χ0n) is 12.0. The zero-order valence-corrected chi connectivity index (χ0v) is 13.5. The van der Waals surface area contributed by atoms with Crippen LogP contribution in [0.15, 0.2) is 35.5 Å². The van der Waals surface area contributed by atoms with Gasteiger partial charge in [-0.1, -0.05) is 44.5 Å². The number of para-hydroxylation sites is 1. The minimum Gasteiger partial charge on any atom is -0.291 e. The van der Waals surface area contributed by atoms with E-state index in [9.17, 15) is 4.79 Å². The molecule has 20 heavy (non-hydrogen) atoms. The molecule has 0 aliphatic heterocycles. The van der Waals surface area contributed by atoms with Crippen LogP contribution in [0, 0.1) is 12.3 Å². The number of thiazole rings is 1. The topological polar surface area (TPSA) is 34.4 Å². The van der Waals surface area contributed by atoms with E-state index in [-0.39, 0.29) is 5.91 Å². The fourth-order valence-electron chi connectivity index (χ4n) is 1.61. The molecule has 2 aromatic rings. The van der Waals surface area contributed by atoms with Crippen molar-refractivity contribution in [1.29, 1.82) is 0 Å². The van der Waals surface area contributed by atoms with Crippen molar-refractivity contribution in [2.75, 3.05) is 0 Å². The normalized spacial score (nSPS) is 12.8. The molecule has 0 aliphatic carbocycles. The van der Waals surface area contributed by atoms with Gasteiger partial charge in [0.25, 0.3) is 5.91 Å². The molecule has 5 heteroatoms. The van der Waals surface area contributed by atoms with Crippen molar-refractivity contribution in [2.45, 2.75) is 27.7 Å². The average molecular weight is 309 g/mol. The number of benzene rings is 1. The first-order chi connectivity index (χ1) is 9.29. The highest BCUT2D eigenvalue weighted by Gasteiger charge is 2.21. The number of amides is 1. The average Bonchev–Trinajstić information content (AvgIpc) is 2.69. The molecule has 0 N–H and O–H groups in total. The molecule has 0 aliphatic rings. The van der Waals surface area contributed by atoms with Crippen LogP contribution in [0.25, 0.3) is 5.69 Å². The van der Waals surface area contributed by atoms with Gasteiger partial charge in [0.2, 0.25) is 0 Å². The largest absolute Gasteiger partial charge is 0.291 e. The lowest BCUT2D eigenvalue weighted by Crippen LogP contribution is -2.23. The molecule has 1 aromatic carbocycles. The lowest BCUT2D eigenvalue weighted by atomic mass is 9.96. The van der Waals surface area contributed by atoms with E-state index in [1.54, 1.807) is 0 Å². The Morgan fingerprint density at radius 3 is 2.55 bits per heavy atom. The molecule has 0 bridgehead atoms. The van der Waals surface area contributed by atoms with E-state index in [1.807, 2.05) is 62.7 Å². The maximum atomic E-state index is 12.1. The van der Waals surface area contributed by atoms with Gasteiger partial charge in [0.15, 0.2) is 4.80 Å². The van der Waals surface area contributed by atoms with E-state index in [4.69, 9.17) is 11.6 Å². The molecule has 1 heterocycles. The van der Waals surface area contributed by atoms with E-state index in [2.05, 4.69) is 4.99 Å². The van der Waals surface area contributed by atoms with Crippen LogP contribution in [-0.2, 0) is 4.79 Å². The number of carbonyl (C=O) groups excluding carboxylic acids is 1. The second kappa shape index (κ2) is 5.54. The van der Waals surface area contributed by atoms with Crippen LogP contribution in [-0.4, -0.2) is 10.5 Å². The fourth-order valence-corrected chi connectivity index (χ4v) is 2.66. The first-order valence-corrected chi connectivity index (χ1v) is 7.51. The Bertz CT molecular complexity index is 707. The maximum Gasteiger partial charge on any atom is 0.253 e. The lowest BCUT2D eigenvalue weighted by molar-refractivity contribution is -0.125. The highest BCUT2D eigenvalue weighted by Crippen LogP contribution is 2.20. The van der Waals surface area contributed by atoms with E-state index in [1.165, 1.54) is 11.3 Å². The summed E-state index contributed by atoms with van der Waals surface area (Å²) in [4.78, 5) is 18.1. The number of hydrogen-bond donors (Lipinski definition) is 0. The third-order valence-corrected chi connectivity index (χ3v) is 3.94. The monoisotopic (exact) mass is 308 g/mol. The quantitative estimate of drug-likeness (QED) is 0.785. The maximum absolute atomic E-state index is 12.1. The van der Waals surface area contributed by atoms with Crippen molar-refractivity contribution in [3.8, 4) is 5.69 Å². The second-order valence-electron chi connectivity index (χ2n) is 5.61. The summed E-state index contributed by atoms with van der Waals surface area (Å²) >= 11 is 7.70. The van der Waals surface area contributed by atoms with Gasteiger partial charge < -0.3 is 0 Å². The molecule has 0 saturated carbocycles. The van der Waals surface area contributed by atoms with Crippen molar-refractivity contribution >= 4 is 28.8 Å². The van der Waals surface area contributed by atoms with Crippen LogP contribution < -0.4 is 4.80 Å². The summed E-state index contributed by atoms with van der Waals surface area (Å²) < 4.78 is 1.87. The van der Waals surface area contributed by atoms with Crippen LogP contribution >= 0.6 is 22.9 Å². The van der Waals surface area contributed by atoms with Gasteiger partial charge in [-0.2, -0.15) is 4.99 Å². The van der Waals surface area contributed by atoms with Crippen LogP contribution in [0.5, 0.6) is 0 Å². The number of rotatable bonds is 1. The smallest absolute Gasteiger partial charge is 0.253 e. The first kappa shape index (κ1) is 15.0. The summed E-state index contributed by atoms with van der Waals surface area (Å²) in [6, 6.07) is 7.53. The van der Waals surface area contributed by atoms with Crippen molar-refractivity contribution in [3.05, 3.63) is 45.2 Å². The Labute approximate surface area is 127 Å². The van der Waals surface area contributed by atoms with E-state index in [0.29, 0.717) is 9.82 Å². The van der Waals surface area contributed by atoms with Crippen LogP contribution in [0.3, 0.4) is 0 Å². The Morgan fingerprint density at radius 1 is 1.30 bits per heavy atom. The highest BCUT2D eigenvalue weighted by molar-refractivity contribution is 7.09. The second-order valence-corrected chi connectivity index (χ2v) is 7.23. The third kappa shape index (κ3) is 3.19. The van der Waals surface area contributed by atoms with E-state index >= 15 is 0 Å². The van der Waals surface area contributed by atoms with Gasteiger partial charge in [-0.05, 0) is 19.1 Å². The number of halogens is 1. The molecule has 106 valence electrons. The summed E-state index contributed by atoms with van der Waals surface area (Å²) in [5.41, 5.74) is 0.343. The predicted molar refractivity (Wildman–Crippen MR) is 83.4 cm³/mol. The standard InChI is InChI=1S/C15H17ClN2OS/c1-10-9-18(12-8-6-5-7-11(12)16)14(20-10)17-13(19)15(2,3)4/h5-9H,1-4H3/b17-14-. The van der Waals surface area contributed by atoms with Gasteiger partial charge >= 0.3 is 0 Å². The van der Waals surface area contributed by atoms with Crippen LogP contribution in [0.4, 0.5) is 0 Å². The molecule has 0 fully saturated rings. The summed E-state index contributed by atoms with van der Waals surface area (Å²) in [5, 5.41) is 0.634. The number of aromatic nitrogens is 1. The Kier molecular flexibility index (Phi) is 4.16. The minimum atomic E-state index is -0.490. The van der Waals surface area contributed by atoms with Gasteiger partial charge in [0.1, 0.15) is 0 Å². The van der Waals surface area contributed by atoms with Gasteiger partial charge in [-0.15, -0.1) is 11.3 Å². The molecule has 0 unspecified atom stereocenters. The van der Waals surface area contributed by atoms with E-state index in [0.717, 1.165) is 10.6 Å². The number of carbonyl (C=O) groups is 1. The molecule has 0 radical (unpaired) electrons. The van der Waals surface area contributed by atoms with Crippen molar-refractivity contribution in [1.82, 2.24) is 4.57 Å². The van der Waals surface area contributed by atoms with Gasteiger partial charge in [0.05, 0.1) is 10.7 Å². The molecular weight excluding hydrogens is 292 g/mol. The van der Waals surface area contributed by atoms with Crippen molar-refractivity contribution < 1.29 is 4.79 Å². The highest BCUT2D eigenvalue weighted by atomic mass is 35.5. The van der Waals surface area contributed by atoms with Gasteiger partial charge in [0, 0.05) is 16.5 Å².